The molecule has 3 rings (SSSR count). The van der Waals surface area contributed by atoms with E-state index in [2.05, 4.69) is 9.62 Å². The molecule has 0 radical (unpaired) electrons. The number of nitrogens with one attached hydrogen (secondary N) is 1. The van der Waals surface area contributed by atoms with Crippen LogP contribution in [-0.4, -0.2) is 51.1 Å². The van der Waals surface area contributed by atoms with Crippen molar-refractivity contribution in [1.29, 1.82) is 0 Å². The highest BCUT2D eigenvalue weighted by molar-refractivity contribution is 7.89. The van der Waals surface area contributed by atoms with Gasteiger partial charge in [0, 0.05) is 25.6 Å². The summed E-state index contributed by atoms with van der Waals surface area (Å²) in [7, 11) is -3.75. The van der Waals surface area contributed by atoms with Crippen molar-refractivity contribution in [3.05, 3.63) is 22.2 Å². The van der Waals surface area contributed by atoms with Gasteiger partial charge in [-0.3, -0.25) is 9.69 Å². The van der Waals surface area contributed by atoms with E-state index in [1.165, 1.54) is 12.1 Å². The Morgan fingerprint density at radius 3 is 2.28 bits per heavy atom. The molecule has 25 heavy (non-hydrogen) atoms. The van der Waals surface area contributed by atoms with E-state index in [1.807, 2.05) is 0 Å². The Bertz CT molecular complexity index is 756. The quantitative estimate of drug-likeness (QED) is 0.580. The number of piperidine rings is 1. The van der Waals surface area contributed by atoms with Crippen molar-refractivity contribution in [1.82, 2.24) is 9.62 Å². The van der Waals surface area contributed by atoms with Crippen molar-refractivity contribution in [2.75, 3.05) is 25.4 Å². The number of esters is 1. The summed E-state index contributed by atoms with van der Waals surface area (Å²) in [5.41, 5.74) is 5.79. The van der Waals surface area contributed by atoms with E-state index in [9.17, 15) is 13.2 Å². The Labute approximate surface area is 156 Å². The zero-order valence-electron chi connectivity index (χ0n) is 13.4. The number of carbonyl (C=O) groups excluding carboxylic acids is 1. The first kappa shape index (κ1) is 18.7. The van der Waals surface area contributed by atoms with E-state index in [-0.39, 0.29) is 38.7 Å². The number of rotatable bonds is 4. The van der Waals surface area contributed by atoms with Crippen LogP contribution in [0.4, 0.5) is 5.69 Å². The number of cyclic esters (lactones) is 1. The van der Waals surface area contributed by atoms with Gasteiger partial charge in [-0.1, -0.05) is 23.2 Å². The molecular formula is C15H19Cl2N3O4S. The number of halogens is 2. The molecule has 1 aromatic carbocycles. The van der Waals surface area contributed by atoms with Crippen LogP contribution in [0.2, 0.25) is 10.0 Å². The summed E-state index contributed by atoms with van der Waals surface area (Å²) >= 11 is 11.8. The maximum Gasteiger partial charge on any atom is 0.323 e. The zero-order chi connectivity index (χ0) is 18.2. The Hall–Kier alpha value is -1.06. The number of hydrogen-bond acceptors (Lipinski definition) is 6. The van der Waals surface area contributed by atoms with Crippen molar-refractivity contribution >= 4 is 44.9 Å². The van der Waals surface area contributed by atoms with Crippen molar-refractivity contribution in [2.45, 2.75) is 36.2 Å². The molecule has 2 fully saturated rings. The van der Waals surface area contributed by atoms with Gasteiger partial charge in [-0.15, -0.1) is 0 Å². The first-order valence-electron chi connectivity index (χ1n) is 7.95. The smallest absolute Gasteiger partial charge is 0.323 e. The van der Waals surface area contributed by atoms with Gasteiger partial charge in [-0.05, 0) is 25.0 Å². The Kier molecular flexibility index (Phi) is 5.45. The molecule has 0 aromatic heterocycles. The number of benzene rings is 1. The highest BCUT2D eigenvalue weighted by atomic mass is 35.5. The van der Waals surface area contributed by atoms with E-state index in [4.69, 9.17) is 33.7 Å². The monoisotopic (exact) mass is 407 g/mol. The van der Waals surface area contributed by atoms with Gasteiger partial charge in [0.1, 0.15) is 6.04 Å². The van der Waals surface area contributed by atoms with E-state index >= 15 is 0 Å². The number of nitrogens with two attached hydrogens (primary N) is 1. The second-order valence-electron chi connectivity index (χ2n) is 6.20. The molecule has 7 nitrogen and oxygen atoms in total. The van der Waals surface area contributed by atoms with Gasteiger partial charge in [0.2, 0.25) is 10.0 Å². The molecular weight excluding hydrogens is 389 g/mol. The van der Waals surface area contributed by atoms with Crippen molar-refractivity contribution in [3.63, 3.8) is 0 Å². The van der Waals surface area contributed by atoms with E-state index in [0.717, 1.165) is 0 Å². The lowest BCUT2D eigenvalue weighted by molar-refractivity contribution is -0.142. The van der Waals surface area contributed by atoms with Gasteiger partial charge < -0.3 is 10.5 Å². The summed E-state index contributed by atoms with van der Waals surface area (Å²) in [6, 6.07) is 2.16. The summed E-state index contributed by atoms with van der Waals surface area (Å²) in [6.07, 6.45) is 1.91. The molecule has 1 atom stereocenters. The first-order valence-corrected chi connectivity index (χ1v) is 10.2. The molecule has 2 saturated heterocycles. The molecule has 138 valence electrons. The van der Waals surface area contributed by atoms with Gasteiger partial charge in [0.05, 0.1) is 27.2 Å². The van der Waals surface area contributed by atoms with E-state index in [1.54, 1.807) is 0 Å². The van der Waals surface area contributed by atoms with Crippen LogP contribution < -0.4 is 10.5 Å². The standard InChI is InChI=1S/C15H19Cl2N3O4S/c16-11-7-10(8-12(17)14(11)18)25(22,23)19-9-1-4-20(5-2-9)13-3-6-24-15(13)21/h7-9,13,19H,1-6,18H2. The summed E-state index contributed by atoms with van der Waals surface area (Å²) in [6.45, 7) is 1.72. The molecule has 1 aromatic rings. The number of nitrogens with zero attached hydrogens (tertiary/aromatic N) is 1. The lowest BCUT2D eigenvalue weighted by atomic mass is 10.0. The fourth-order valence-corrected chi connectivity index (χ4v) is 5.12. The Morgan fingerprint density at radius 2 is 1.76 bits per heavy atom. The molecule has 0 saturated carbocycles. The van der Waals surface area contributed by atoms with E-state index in [0.29, 0.717) is 39.0 Å². The fourth-order valence-electron chi connectivity index (χ4n) is 3.15. The van der Waals surface area contributed by atoms with Crippen LogP contribution in [0.25, 0.3) is 0 Å². The Balaban J connectivity index is 1.64. The molecule has 2 heterocycles. The molecule has 0 spiro atoms. The van der Waals surface area contributed by atoms with Gasteiger partial charge in [-0.2, -0.15) is 0 Å². The normalized spacial score (nSPS) is 23.0. The Morgan fingerprint density at radius 1 is 1.16 bits per heavy atom. The van der Waals surface area contributed by atoms with Crippen LogP contribution >= 0.6 is 23.2 Å². The van der Waals surface area contributed by atoms with Crippen LogP contribution in [0, 0.1) is 0 Å². The lowest BCUT2D eigenvalue weighted by Gasteiger charge is -2.34. The third kappa shape index (κ3) is 4.03. The minimum atomic E-state index is -3.75. The maximum atomic E-state index is 12.5. The van der Waals surface area contributed by atoms with E-state index < -0.39 is 10.0 Å². The molecule has 1 unspecified atom stereocenters. The zero-order valence-corrected chi connectivity index (χ0v) is 15.7. The first-order chi connectivity index (χ1) is 11.8. The van der Waals surface area contributed by atoms with Gasteiger partial charge in [-0.25, -0.2) is 13.1 Å². The third-order valence-corrected chi connectivity index (χ3v) is 6.69. The number of sulfonamides is 1. The highest BCUT2D eigenvalue weighted by Gasteiger charge is 2.35. The minimum absolute atomic E-state index is 0.0153. The number of hydrogen-bond donors (Lipinski definition) is 2. The molecule has 0 bridgehead atoms. The number of ether oxygens (including phenoxy) is 1. The molecule has 2 aliphatic rings. The molecule has 0 aliphatic carbocycles. The van der Waals surface area contributed by atoms with Crippen LogP contribution in [-0.2, 0) is 19.6 Å². The van der Waals surface area contributed by atoms with Gasteiger partial charge in [0.25, 0.3) is 0 Å². The average molecular weight is 408 g/mol. The summed E-state index contributed by atoms with van der Waals surface area (Å²) < 4.78 is 32.8. The number of carbonyl (C=O) groups is 1. The van der Waals surface area contributed by atoms with Gasteiger partial charge in [0.15, 0.2) is 0 Å². The van der Waals surface area contributed by atoms with Crippen LogP contribution in [0.15, 0.2) is 17.0 Å². The van der Waals surface area contributed by atoms with Gasteiger partial charge >= 0.3 is 5.97 Å². The number of anilines is 1. The predicted molar refractivity (Wildman–Crippen MR) is 95.2 cm³/mol. The predicted octanol–water partition coefficient (Wildman–Crippen LogP) is 1.63. The molecule has 0 amide bonds. The van der Waals surface area contributed by atoms with Crippen molar-refractivity contribution in [2.24, 2.45) is 0 Å². The van der Waals surface area contributed by atoms with Crippen molar-refractivity contribution < 1.29 is 17.9 Å². The van der Waals surface area contributed by atoms with Crippen LogP contribution in [0.3, 0.4) is 0 Å². The lowest BCUT2D eigenvalue weighted by Crippen LogP contribution is -2.49. The second-order valence-corrected chi connectivity index (χ2v) is 8.73. The van der Waals surface area contributed by atoms with Crippen molar-refractivity contribution in [3.8, 4) is 0 Å². The average Bonchev–Trinajstić information content (AvgIpc) is 2.98. The summed E-state index contributed by atoms with van der Waals surface area (Å²) in [5.74, 6) is -0.190. The number of nitrogen functional groups attached to an aromatic ring is 1. The van der Waals surface area contributed by atoms with Crippen LogP contribution in [0.5, 0.6) is 0 Å². The summed E-state index contributed by atoms with van der Waals surface area (Å²) in [4.78, 5) is 13.7. The fraction of sp³-hybridized carbons (Fsp3) is 0.533. The molecule has 10 heteroatoms. The summed E-state index contributed by atoms with van der Waals surface area (Å²) in [5, 5.41) is 0.199. The molecule has 3 N–H and O–H groups in total. The number of likely N-dealkylation sites (tertiary alicyclic amines) is 1. The third-order valence-electron chi connectivity index (χ3n) is 4.56. The second kappa shape index (κ2) is 7.28. The minimum Gasteiger partial charge on any atom is -0.464 e. The maximum absolute atomic E-state index is 12.5. The topological polar surface area (TPSA) is 102 Å². The largest absolute Gasteiger partial charge is 0.464 e. The SMILES string of the molecule is Nc1c(Cl)cc(S(=O)(=O)NC2CCN(C3CCOC3=O)CC2)cc1Cl. The molecule has 2 aliphatic heterocycles. The highest BCUT2D eigenvalue weighted by Crippen LogP contribution is 2.31. The van der Waals surface area contributed by atoms with Crippen LogP contribution in [0.1, 0.15) is 19.3 Å².